The second-order valence-corrected chi connectivity index (χ2v) is 11.5. The van der Waals surface area contributed by atoms with Crippen LogP contribution in [0.25, 0.3) is 22.3 Å². The van der Waals surface area contributed by atoms with Crippen molar-refractivity contribution in [2.45, 2.75) is 13.3 Å². The highest BCUT2D eigenvalue weighted by atomic mass is 32.3. The number of hydrogen-bond donors (Lipinski definition) is 4. The van der Waals surface area contributed by atoms with Crippen molar-refractivity contribution in [3.05, 3.63) is 40.6 Å². The van der Waals surface area contributed by atoms with E-state index in [1.54, 1.807) is 6.92 Å². The number of ether oxygens (including phenoxy) is 1. The molecule has 2 aromatic carbocycles. The largest absolute Gasteiger partial charge is 0.493 e. The van der Waals surface area contributed by atoms with Crippen LogP contribution in [0.4, 0.5) is 0 Å². The van der Waals surface area contributed by atoms with Crippen molar-refractivity contribution in [1.82, 2.24) is 0 Å². The van der Waals surface area contributed by atoms with E-state index in [1.165, 1.54) is 0 Å². The van der Waals surface area contributed by atoms with Crippen LogP contribution in [0.1, 0.15) is 13.3 Å². The first-order valence-electron chi connectivity index (χ1n) is 10.3. The number of benzene rings is 2. The summed E-state index contributed by atoms with van der Waals surface area (Å²) in [6.45, 7) is 1.56. The highest BCUT2D eigenvalue weighted by Gasteiger charge is 2.27. The maximum Gasteiger partial charge on any atom is 0.446 e. The zero-order chi connectivity index (χ0) is 31.0. The molecular weight excluding hydrogens is 648 g/mol. The van der Waals surface area contributed by atoms with Gasteiger partial charge in [-0.25, -0.2) is 0 Å². The first-order valence-corrected chi connectivity index (χ1v) is 15.7. The van der Waals surface area contributed by atoms with Gasteiger partial charge in [0.05, 0.1) is 6.61 Å². The minimum absolute atomic E-state index is 0.0916. The molecule has 0 radical (unpaired) electrons. The number of fused-ring (bicyclic) bond motifs is 1. The van der Waals surface area contributed by atoms with Crippen molar-refractivity contribution >= 4 is 52.6 Å². The molecule has 3 aromatic rings. The van der Waals surface area contributed by atoms with E-state index in [4.69, 9.17) is 22.8 Å². The normalized spacial score (nSPS) is 12.6. The van der Waals surface area contributed by atoms with Crippen molar-refractivity contribution in [2.75, 3.05) is 6.61 Å². The SMILES string of the molecule is CCCOc1cc(OS(=O)(=O)O)cc2oc(-c3ccc(OS(=O)(=O)O)c(OS(=O)(=O)O)c3)c(OS(=O)(=O)O)c(=O)c12. The first kappa shape index (κ1) is 31.8. The molecule has 0 bridgehead atoms. The van der Waals surface area contributed by atoms with Crippen LogP contribution in [-0.4, -0.2) is 58.5 Å². The van der Waals surface area contributed by atoms with Crippen molar-refractivity contribution < 1.29 is 77.8 Å². The summed E-state index contributed by atoms with van der Waals surface area (Å²) in [6, 6.07) is 3.43. The quantitative estimate of drug-likeness (QED) is 0.196. The monoisotopic (exact) mass is 664 g/mol. The Morgan fingerprint density at radius 2 is 1.27 bits per heavy atom. The summed E-state index contributed by atoms with van der Waals surface area (Å²) in [5, 5.41) is -0.593. The lowest BCUT2D eigenvalue weighted by molar-refractivity contribution is 0.318. The van der Waals surface area contributed by atoms with Crippen LogP contribution in [-0.2, 0) is 41.6 Å². The van der Waals surface area contributed by atoms with E-state index in [0.717, 1.165) is 18.2 Å². The van der Waals surface area contributed by atoms with Gasteiger partial charge in [-0.05, 0) is 24.6 Å². The molecule has 19 nitrogen and oxygen atoms in total. The third-order valence-corrected chi connectivity index (χ3v) is 5.90. The highest BCUT2D eigenvalue weighted by molar-refractivity contribution is 7.82. The molecule has 0 fully saturated rings. The van der Waals surface area contributed by atoms with E-state index in [1.807, 2.05) is 0 Å². The number of hydrogen-bond acceptors (Lipinski definition) is 15. The van der Waals surface area contributed by atoms with Gasteiger partial charge in [-0.3, -0.25) is 23.0 Å². The third-order valence-electron chi connectivity index (χ3n) is 4.34. The zero-order valence-corrected chi connectivity index (χ0v) is 23.1. The van der Waals surface area contributed by atoms with Gasteiger partial charge in [-0.15, -0.1) is 0 Å². The predicted octanol–water partition coefficient (Wildman–Crippen LogP) is 0.975. The Morgan fingerprint density at radius 1 is 0.707 bits per heavy atom. The fourth-order valence-corrected chi connectivity index (χ4v) is 4.54. The first-order chi connectivity index (χ1) is 18.7. The van der Waals surface area contributed by atoms with Gasteiger partial charge in [0.25, 0.3) is 0 Å². The van der Waals surface area contributed by atoms with Gasteiger partial charge in [-0.2, -0.15) is 33.7 Å². The molecule has 0 saturated carbocycles. The van der Waals surface area contributed by atoms with Crippen LogP contribution in [0.3, 0.4) is 0 Å². The topological polar surface area (TPSA) is 294 Å². The number of rotatable bonds is 12. The van der Waals surface area contributed by atoms with Gasteiger partial charge in [0.1, 0.15) is 16.7 Å². The van der Waals surface area contributed by atoms with Crippen molar-refractivity contribution in [3.8, 4) is 40.1 Å². The lowest BCUT2D eigenvalue weighted by Crippen LogP contribution is -2.16. The van der Waals surface area contributed by atoms with E-state index in [0.29, 0.717) is 18.6 Å². The van der Waals surface area contributed by atoms with Crippen molar-refractivity contribution in [2.24, 2.45) is 0 Å². The minimum atomic E-state index is -5.47. The molecule has 3 rings (SSSR count). The van der Waals surface area contributed by atoms with Crippen LogP contribution in [0.5, 0.6) is 28.7 Å². The average Bonchev–Trinajstić information content (AvgIpc) is 2.76. The van der Waals surface area contributed by atoms with Gasteiger partial charge in [0.15, 0.2) is 23.0 Å². The molecule has 0 unspecified atom stereocenters. The highest BCUT2D eigenvalue weighted by Crippen LogP contribution is 2.40. The molecule has 0 aliphatic heterocycles. The third kappa shape index (κ3) is 8.89. The van der Waals surface area contributed by atoms with Crippen LogP contribution in [0.2, 0.25) is 0 Å². The van der Waals surface area contributed by atoms with Crippen LogP contribution in [0, 0.1) is 0 Å². The van der Waals surface area contributed by atoms with E-state index >= 15 is 0 Å². The average molecular weight is 665 g/mol. The van der Waals surface area contributed by atoms with E-state index < -0.39 is 98.1 Å². The van der Waals surface area contributed by atoms with E-state index in [9.17, 15) is 43.0 Å². The second kappa shape index (κ2) is 11.3. The Morgan fingerprint density at radius 3 is 1.80 bits per heavy atom. The maximum absolute atomic E-state index is 13.4. The van der Waals surface area contributed by atoms with Gasteiger partial charge < -0.3 is 25.9 Å². The summed E-state index contributed by atoms with van der Waals surface area (Å²) >= 11 is 0. The molecule has 0 spiro atoms. The summed E-state index contributed by atoms with van der Waals surface area (Å²) in [6.07, 6.45) is 0.344. The second-order valence-electron chi connectivity index (χ2n) is 7.44. The Kier molecular flexibility index (Phi) is 8.75. The molecule has 0 aliphatic carbocycles. The molecule has 4 N–H and O–H groups in total. The van der Waals surface area contributed by atoms with Crippen molar-refractivity contribution in [1.29, 1.82) is 0 Å². The lowest BCUT2D eigenvalue weighted by atomic mass is 10.1. The molecule has 226 valence electrons. The summed E-state index contributed by atoms with van der Waals surface area (Å²) < 4.78 is 155. The van der Waals surface area contributed by atoms with E-state index in [-0.39, 0.29) is 6.61 Å². The molecule has 23 heteroatoms. The maximum atomic E-state index is 13.4. The van der Waals surface area contributed by atoms with Crippen LogP contribution in [0.15, 0.2) is 39.5 Å². The van der Waals surface area contributed by atoms with Crippen LogP contribution < -0.4 is 26.9 Å². The molecule has 0 saturated heterocycles. The fourth-order valence-electron chi connectivity index (χ4n) is 3.12. The molecule has 41 heavy (non-hydrogen) atoms. The predicted molar refractivity (Wildman–Crippen MR) is 132 cm³/mol. The summed E-state index contributed by atoms with van der Waals surface area (Å²) in [5.41, 5.74) is -2.57. The summed E-state index contributed by atoms with van der Waals surface area (Å²) in [5.74, 6) is -5.59. The summed E-state index contributed by atoms with van der Waals surface area (Å²) in [4.78, 5) is 13.4. The fraction of sp³-hybridized carbons (Fsp3) is 0.167. The van der Waals surface area contributed by atoms with Gasteiger partial charge in [0, 0.05) is 17.7 Å². The standard InChI is InChI=1S/C18H16O19S4/c1-2-5-32-13-7-10(34-38(20,21)22)8-14-15(13)16(19)18(37-41(29,30)31)17(33-14)9-3-4-11(35-39(23,24)25)12(6-9)36-40(26,27)28/h3-4,6-8H,2,5H2,1H3,(H,20,21,22)(H,23,24,25)(H,26,27,28)(H,29,30,31). The molecule has 0 atom stereocenters. The Labute approximate surface area is 230 Å². The van der Waals surface area contributed by atoms with Gasteiger partial charge >= 0.3 is 41.6 Å². The van der Waals surface area contributed by atoms with Gasteiger partial charge in [-0.1, -0.05) is 6.92 Å². The molecule has 1 aromatic heterocycles. The Balaban J connectivity index is 2.44. The van der Waals surface area contributed by atoms with E-state index in [2.05, 4.69) is 16.7 Å². The zero-order valence-electron chi connectivity index (χ0n) is 19.8. The smallest absolute Gasteiger partial charge is 0.446 e. The van der Waals surface area contributed by atoms with Gasteiger partial charge in [0.2, 0.25) is 11.2 Å². The molecular formula is C18H16O19S4. The Hall–Kier alpha value is -3.71. The molecule has 1 heterocycles. The summed E-state index contributed by atoms with van der Waals surface area (Å²) in [7, 11) is -21.3. The Bertz CT molecular complexity index is 1990. The molecule has 0 aliphatic rings. The lowest BCUT2D eigenvalue weighted by Gasteiger charge is -2.14. The van der Waals surface area contributed by atoms with Crippen molar-refractivity contribution in [3.63, 3.8) is 0 Å². The minimum Gasteiger partial charge on any atom is -0.493 e. The van der Waals surface area contributed by atoms with Crippen LogP contribution >= 0.6 is 0 Å². The molecule has 0 amide bonds.